The van der Waals surface area contributed by atoms with Crippen LogP contribution in [0.25, 0.3) is 0 Å². The molecule has 5 heteroatoms. The van der Waals surface area contributed by atoms with E-state index in [4.69, 9.17) is 4.74 Å². The molecule has 2 rings (SSSR count). The second-order valence-electron chi connectivity index (χ2n) is 5.64. The van der Waals surface area contributed by atoms with Gasteiger partial charge in [-0.3, -0.25) is 4.79 Å². The van der Waals surface area contributed by atoms with Crippen molar-refractivity contribution < 1.29 is 9.53 Å². The van der Waals surface area contributed by atoms with Crippen molar-refractivity contribution >= 4 is 43.5 Å². The molecule has 0 unspecified atom stereocenters. The van der Waals surface area contributed by atoms with E-state index in [1.165, 1.54) is 0 Å². The summed E-state index contributed by atoms with van der Waals surface area (Å²) in [7, 11) is 0. The summed E-state index contributed by atoms with van der Waals surface area (Å²) in [5.41, 5.74) is 2.91. The molecule has 0 bridgehead atoms. The summed E-state index contributed by atoms with van der Waals surface area (Å²) in [6, 6.07) is 11.5. The van der Waals surface area contributed by atoms with Gasteiger partial charge in [-0.1, -0.05) is 45.7 Å². The molecular weight excluding hydrogens is 422 g/mol. The quantitative estimate of drug-likeness (QED) is 0.651. The number of carbonyl (C=O) groups is 1. The fourth-order valence-electron chi connectivity index (χ4n) is 2.12. The molecule has 0 atom stereocenters. The number of carbonyl (C=O) groups excluding carboxylic acids is 1. The van der Waals surface area contributed by atoms with Gasteiger partial charge in [0.1, 0.15) is 5.75 Å². The lowest BCUT2D eigenvalue weighted by atomic mass is 10.0. The van der Waals surface area contributed by atoms with E-state index in [-0.39, 0.29) is 12.5 Å². The largest absolute Gasteiger partial charge is 0.483 e. The summed E-state index contributed by atoms with van der Waals surface area (Å²) < 4.78 is 7.77. The number of rotatable bonds is 5. The molecule has 0 saturated carbocycles. The molecule has 122 valence electrons. The second-order valence-corrected chi connectivity index (χ2v) is 7.41. The third-order valence-electron chi connectivity index (χ3n) is 3.40. The molecule has 0 aromatic heterocycles. The van der Waals surface area contributed by atoms with Crippen molar-refractivity contribution in [3.8, 4) is 5.75 Å². The van der Waals surface area contributed by atoms with Crippen LogP contribution < -0.4 is 10.1 Å². The second kappa shape index (κ2) is 7.97. The number of hydrogen-bond acceptors (Lipinski definition) is 2. The average Bonchev–Trinajstić information content (AvgIpc) is 2.50. The van der Waals surface area contributed by atoms with Crippen LogP contribution in [0.3, 0.4) is 0 Å². The summed E-state index contributed by atoms with van der Waals surface area (Å²) in [6.07, 6.45) is 0. The molecule has 23 heavy (non-hydrogen) atoms. The Labute approximate surface area is 153 Å². The maximum absolute atomic E-state index is 12.0. The van der Waals surface area contributed by atoms with Crippen molar-refractivity contribution in [2.45, 2.75) is 26.7 Å². The Morgan fingerprint density at radius 1 is 1.17 bits per heavy atom. The Kier molecular flexibility index (Phi) is 6.25. The molecule has 0 fully saturated rings. The van der Waals surface area contributed by atoms with Gasteiger partial charge >= 0.3 is 0 Å². The van der Waals surface area contributed by atoms with Crippen LogP contribution >= 0.6 is 31.9 Å². The van der Waals surface area contributed by atoms with Crippen molar-refractivity contribution in [2.75, 3.05) is 11.9 Å². The number of hydrogen-bond donors (Lipinski definition) is 1. The standard InChI is InChI=1S/C18H19Br2NO2/c1-11(2)15-9-16(20)12(3)8-17(15)23-10-18(22)21-14-6-4-13(19)5-7-14/h4-9,11H,10H2,1-3H3,(H,21,22). The molecule has 0 aliphatic heterocycles. The van der Waals surface area contributed by atoms with Gasteiger partial charge in [-0.05, 0) is 60.4 Å². The minimum absolute atomic E-state index is 0.0170. The summed E-state index contributed by atoms with van der Waals surface area (Å²) in [5, 5.41) is 2.82. The minimum Gasteiger partial charge on any atom is -0.483 e. The number of benzene rings is 2. The Morgan fingerprint density at radius 2 is 1.83 bits per heavy atom. The zero-order chi connectivity index (χ0) is 17.0. The molecule has 0 heterocycles. The number of amides is 1. The Balaban J connectivity index is 2.04. The lowest BCUT2D eigenvalue weighted by Gasteiger charge is -2.16. The highest BCUT2D eigenvalue weighted by Gasteiger charge is 2.12. The van der Waals surface area contributed by atoms with Gasteiger partial charge in [0.05, 0.1) is 0 Å². The van der Waals surface area contributed by atoms with Crippen LogP contribution in [0.2, 0.25) is 0 Å². The highest BCUT2D eigenvalue weighted by Crippen LogP contribution is 2.32. The smallest absolute Gasteiger partial charge is 0.262 e. The number of halogens is 2. The molecular formula is C18H19Br2NO2. The first-order chi connectivity index (χ1) is 10.9. The van der Waals surface area contributed by atoms with E-state index in [2.05, 4.69) is 57.1 Å². The Bertz CT molecular complexity index is 697. The third kappa shape index (κ3) is 5.08. The summed E-state index contributed by atoms with van der Waals surface area (Å²) in [6.45, 7) is 6.19. The van der Waals surface area contributed by atoms with E-state index in [1.807, 2.05) is 37.3 Å². The summed E-state index contributed by atoms with van der Waals surface area (Å²) >= 11 is 6.91. The molecule has 0 aliphatic carbocycles. The van der Waals surface area contributed by atoms with Crippen LogP contribution in [0.4, 0.5) is 5.69 Å². The average molecular weight is 441 g/mol. The van der Waals surface area contributed by atoms with Crippen molar-refractivity contribution in [1.82, 2.24) is 0 Å². The minimum atomic E-state index is -0.178. The van der Waals surface area contributed by atoms with Crippen molar-refractivity contribution in [3.05, 3.63) is 56.5 Å². The van der Waals surface area contributed by atoms with E-state index >= 15 is 0 Å². The zero-order valence-corrected chi connectivity index (χ0v) is 16.5. The SMILES string of the molecule is Cc1cc(OCC(=O)Nc2ccc(Br)cc2)c(C(C)C)cc1Br. The molecule has 2 aromatic rings. The molecule has 0 radical (unpaired) electrons. The monoisotopic (exact) mass is 439 g/mol. The third-order valence-corrected chi connectivity index (χ3v) is 4.78. The fraction of sp³-hybridized carbons (Fsp3) is 0.278. The van der Waals surface area contributed by atoms with Gasteiger partial charge < -0.3 is 10.1 Å². The molecule has 2 aromatic carbocycles. The summed E-state index contributed by atoms with van der Waals surface area (Å²) in [5.74, 6) is 0.894. The lowest BCUT2D eigenvalue weighted by Crippen LogP contribution is -2.20. The van der Waals surface area contributed by atoms with Gasteiger partial charge in [0.25, 0.3) is 5.91 Å². The number of anilines is 1. The van der Waals surface area contributed by atoms with Crippen LogP contribution in [-0.4, -0.2) is 12.5 Å². The predicted octanol–water partition coefficient (Wildman–Crippen LogP) is 5.66. The maximum atomic E-state index is 12.0. The molecule has 0 spiro atoms. The molecule has 3 nitrogen and oxygen atoms in total. The first-order valence-electron chi connectivity index (χ1n) is 7.35. The van der Waals surface area contributed by atoms with Crippen LogP contribution in [0, 0.1) is 6.92 Å². The van der Waals surface area contributed by atoms with E-state index < -0.39 is 0 Å². The van der Waals surface area contributed by atoms with Crippen molar-refractivity contribution in [1.29, 1.82) is 0 Å². The van der Waals surface area contributed by atoms with E-state index in [9.17, 15) is 4.79 Å². The summed E-state index contributed by atoms with van der Waals surface area (Å²) in [4.78, 5) is 12.0. The van der Waals surface area contributed by atoms with Gasteiger partial charge in [0.2, 0.25) is 0 Å². The lowest BCUT2D eigenvalue weighted by molar-refractivity contribution is -0.118. The Morgan fingerprint density at radius 3 is 2.43 bits per heavy atom. The van der Waals surface area contributed by atoms with Crippen molar-refractivity contribution in [3.63, 3.8) is 0 Å². The number of aryl methyl sites for hydroxylation is 1. The van der Waals surface area contributed by atoms with Crippen LogP contribution in [0.15, 0.2) is 45.3 Å². The van der Waals surface area contributed by atoms with E-state index in [0.717, 1.165) is 31.5 Å². The zero-order valence-electron chi connectivity index (χ0n) is 13.3. The van der Waals surface area contributed by atoms with Crippen molar-refractivity contribution in [2.24, 2.45) is 0 Å². The van der Waals surface area contributed by atoms with Gasteiger partial charge in [0, 0.05) is 14.6 Å². The first-order valence-corrected chi connectivity index (χ1v) is 8.93. The molecule has 1 N–H and O–H groups in total. The predicted molar refractivity (Wildman–Crippen MR) is 101 cm³/mol. The highest BCUT2D eigenvalue weighted by atomic mass is 79.9. The number of ether oxygens (including phenoxy) is 1. The normalized spacial score (nSPS) is 10.7. The number of nitrogens with one attached hydrogen (secondary N) is 1. The van der Waals surface area contributed by atoms with Crippen LogP contribution in [0.5, 0.6) is 5.75 Å². The van der Waals surface area contributed by atoms with Crippen LogP contribution in [0.1, 0.15) is 30.9 Å². The van der Waals surface area contributed by atoms with Crippen LogP contribution in [-0.2, 0) is 4.79 Å². The highest BCUT2D eigenvalue weighted by molar-refractivity contribution is 9.10. The first kappa shape index (κ1) is 18.0. The molecule has 0 aliphatic rings. The molecule has 0 saturated heterocycles. The topological polar surface area (TPSA) is 38.3 Å². The van der Waals surface area contributed by atoms with Gasteiger partial charge in [-0.2, -0.15) is 0 Å². The van der Waals surface area contributed by atoms with Gasteiger partial charge in [-0.25, -0.2) is 0 Å². The Hall–Kier alpha value is -1.33. The molecule has 1 amide bonds. The maximum Gasteiger partial charge on any atom is 0.262 e. The fourth-order valence-corrected chi connectivity index (χ4v) is 2.75. The van der Waals surface area contributed by atoms with Gasteiger partial charge in [0.15, 0.2) is 6.61 Å². The van der Waals surface area contributed by atoms with Gasteiger partial charge in [-0.15, -0.1) is 0 Å². The van der Waals surface area contributed by atoms with E-state index in [1.54, 1.807) is 0 Å². The van der Waals surface area contributed by atoms with E-state index in [0.29, 0.717) is 5.92 Å².